The summed E-state index contributed by atoms with van der Waals surface area (Å²) >= 11 is 1.84. The summed E-state index contributed by atoms with van der Waals surface area (Å²) in [4.78, 5) is 7.43. The van der Waals surface area contributed by atoms with E-state index in [0.717, 1.165) is 50.6 Å². The smallest absolute Gasteiger partial charge is 0.227 e. The normalized spacial score (nSPS) is 11.8. The number of fused-ring (bicyclic) bond motifs is 6. The lowest BCUT2D eigenvalue weighted by Crippen LogP contribution is -2.10. The largest absolute Gasteiger partial charge is 0.435 e. The first kappa shape index (κ1) is 26.3. The number of oxazole rings is 1. The molecule has 0 saturated heterocycles. The molecule has 0 radical (unpaired) electrons. The number of thiophene rings is 1. The molecule has 10 rings (SSSR count). The van der Waals surface area contributed by atoms with Gasteiger partial charge in [-0.3, -0.25) is 0 Å². The predicted molar refractivity (Wildman–Crippen MR) is 197 cm³/mol. The second-order valence-corrected chi connectivity index (χ2v) is 13.0. The van der Waals surface area contributed by atoms with Crippen LogP contribution in [0.3, 0.4) is 0 Å². The van der Waals surface area contributed by atoms with E-state index >= 15 is 0 Å². The van der Waals surface area contributed by atoms with E-state index in [-0.39, 0.29) is 0 Å². The van der Waals surface area contributed by atoms with Gasteiger partial charge < -0.3 is 9.32 Å². The van der Waals surface area contributed by atoms with Crippen molar-refractivity contribution in [3.8, 4) is 45.2 Å². The molecule has 47 heavy (non-hydrogen) atoms. The van der Waals surface area contributed by atoms with Gasteiger partial charge in [-0.25, -0.2) is 4.98 Å². The molecule has 2 heterocycles. The standard InChI is InChI=1S/C43H26N2OS/c1-3-11-27(12-4-1)28-21-23-31(24-22-28)45(36-18-10-20-38-40(36)33-16-7-8-19-37(33)47-38)32-25-30-15-9-17-34-39(30)35(26-32)42-41(34)44-43(46-42)29-13-5-2-6-14-29/h1-26H. The monoisotopic (exact) mass is 618 g/mol. The molecule has 3 nitrogen and oxygen atoms in total. The highest BCUT2D eigenvalue weighted by Gasteiger charge is 2.30. The maximum Gasteiger partial charge on any atom is 0.227 e. The summed E-state index contributed by atoms with van der Waals surface area (Å²) in [6.45, 7) is 0. The van der Waals surface area contributed by atoms with Crippen molar-refractivity contribution in [2.45, 2.75) is 0 Å². The molecule has 2 aromatic heterocycles. The third-order valence-electron chi connectivity index (χ3n) is 9.22. The molecule has 0 fully saturated rings. The topological polar surface area (TPSA) is 29.3 Å². The van der Waals surface area contributed by atoms with Gasteiger partial charge in [-0.15, -0.1) is 11.3 Å². The lowest BCUT2D eigenvalue weighted by atomic mass is 10.0. The van der Waals surface area contributed by atoms with Gasteiger partial charge in [0, 0.05) is 53.6 Å². The maximum atomic E-state index is 6.58. The minimum Gasteiger partial charge on any atom is -0.435 e. The van der Waals surface area contributed by atoms with E-state index in [2.05, 4.69) is 132 Å². The minimum absolute atomic E-state index is 0.645. The Kier molecular flexibility index (Phi) is 5.74. The Morgan fingerprint density at radius 3 is 2.04 bits per heavy atom. The molecule has 0 bridgehead atoms. The number of rotatable bonds is 5. The number of nitrogens with zero attached hydrogens (tertiary/aromatic N) is 2. The van der Waals surface area contributed by atoms with Gasteiger partial charge in [0.05, 0.1) is 5.69 Å². The Morgan fingerprint density at radius 1 is 0.511 bits per heavy atom. The number of hydrogen-bond acceptors (Lipinski definition) is 4. The molecule has 0 N–H and O–H groups in total. The summed E-state index contributed by atoms with van der Waals surface area (Å²) in [6, 6.07) is 56.1. The van der Waals surface area contributed by atoms with Crippen molar-refractivity contribution >= 4 is 59.3 Å². The molecule has 4 heteroatoms. The van der Waals surface area contributed by atoms with Gasteiger partial charge in [-0.1, -0.05) is 103 Å². The van der Waals surface area contributed by atoms with Gasteiger partial charge >= 0.3 is 0 Å². The molecule has 0 saturated carbocycles. The first-order valence-corrected chi connectivity index (χ1v) is 16.6. The van der Waals surface area contributed by atoms with Gasteiger partial charge in [0.15, 0.2) is 5.76 Å². The molecule has 1 aliphatic rings. The molecule has 9 aromatic rings. The third-order valence-corrected chi connectivity index (χ3v) is 10.4. The van der Waals surface area contributed by atoms with Crippen LogP contribution in [0, 0.1) is 0 Å². The van der Waals surface area contributed by atoms with Crippen molar-refractivity contribution in [3.63, 3.8) is 0 Å². The number of benzene rings is 7. The van der Waals surface area contributed by atoms with Crippen molar-refractivity contribution in [3.05, 3.63) is 158 Å². The van der Waals surface area contributed by atoms with E-state index in [1.165, 1.54) is 36.7 Å². The highest BCUT2D eigenvalue weighted by atomic mass is 32.1. The highest BCUT2D eigenvalue weighted by Crippen LogP contribution is 2.52. The van der Waals surface area contributed by atoms with Gasteiger partial charge in [0.1, 0.15) is 5.69 Å². The summed E-state index contributed by atoms with van der Waals surface area (Å²) in [6.07, 6.45) is 0. The number of aromatic nitrogens is 1. The van der Waals surface area contributed by atoms with Crippen molar-refractivity contribution in [2.24, 2.45) is 0 Å². The quantitative estimate of drug-likeness (QED) is 0.192. The van der Waals surface area contributed by atoms with E-state index in [0.29, 0.717) is 5.89 Å². The Balaban J connectivity index is 1.22. The van der Waals surface area contributed by atoms with Crippen molar-refractivity contribution in [2.75, 3.05) is 4.90 Å². The number of anilines is 3. The molecule has 1 aliphatic carbocycles. The summed E-state index contributed by atoms with van der Waals surface area (Å²) < 4.78 is 9.14. The van der Waals surface area contributed by atoms with Crippen LogP contribution in [-0.4, -0.2) is 4.98 Å². The lowest BCUT2D eigenvalue weighted by Gasteiger charge is -2.27. The second-order valence-electron chi connectivity index (χ2n) is 12.0. The van der Waals surface area contributed by atoms with Gasteiger partial charge in [-0.2, -0.15) is 0 Å². The average molecular weight is 619 g/mol. The summed E-state index contributed by atoms with van der Waals surface area (Å²) in [5.41, 5.74) is 9.79. The summed E-state index contributed by atoms with van der Waals surface area (Å²) in [5.74, 6) is 1.47. The molecule has 0 atom stereocenters. The molecule has 0 spiro atoms. The van der Waals surface area contributed by atoms with Crippen LogP contribution in [0.15, 0.2) is 162 Å². The predicted octanol–water partition coefficient (Wildman–Crippen LogP) is 12.6. The third kappa shape index (κ3) is 4.09. The van der Waals surface area contributed by atoms with E-state index < -0.39 is 0 Å². The van der Waals surface area contributed by atoms with Gasteiger partial charge in [0.2, 0.25) is 5.89 Å². The average Bonchev–Trinajstić information content (AvgIpc) is 3.82. The fourth-order valence-electron chi connectivity index (χ4n) is 7.11. The molecule has 0 unspecified atom stereocenters. The fourth-order valence-corrected chi connectivity index (χ4v) is 8.24. The van der Waals surface area contributed by atoms with Crippen LogP contribution in [0.4, 0.5) is 17.1 Å². The molecule has 0 amide bonds. The number of hydrogen-bond donors (Lipinski definition) is 0. The van der Waals surface area contributed by atoms with Crippen LogP contribution in [-0.2, 0) is 0 Å². The lowest BCUT2D eigenvalue weighted by molar-refractivity contribution is 0.590. The first-order chi connectivity index (χ1) is 23.3. The second kappa shape index (κ2) is 10.3. The zero-order chi connectivity index (χ0) is 30.9. The van der Waals surface area contributed by atoms with E-state index in [1.807, 2.05) is 41.7 Å². The van der Waals surface area contributed by atoms with Crippen LogP contribution < -0.4 is 4.90 Å². The van der Waals surface area contributed by atoms with Crippen LogP contribution in [0.2, 0.25) is 0 Å². The molecule has 0 aliphatic heterocycles. The Morgan fingerprint density at radius 2 is 1.21 bits per heavy atom. The van der Waals surface area contributed by atoms with Crippen LogP contribution in [0.5, 0.6) is 0 Å². The van der Waals surface area contributed by atoms with E-state index in [4.69, 9.17) is 9.40 Å². The van der Waals surface area contributed by atoms with Crippen molar-refractivity contribution in [1.29, 1.82) is 0 Å². The summed E-state index contributed by atoms with van der Waals surface area (Å²) in [5, 5.41) is 4.89. The van der Waals surface area contributed by atoms with Gasteiger partial charge in [-0.05, 0) is 71.1 Å². The minimum atomic E-state index is 0.645. The first-order valence-electron chi connectivity index (χ1n) is 15.8. The van der Waals surface area contributed by atoms with E-state index in [9.17, 15) is 0 Å². The molecular weight excluding hydrogens is 593 g/mol. The van der Waals surface area contributed by atoms with Crippen LogP contribution in [0.1, 0.15) is 0 Å². The Hall–Kier alpha value is -5.97. The van der Waals surface area contributed by atoms with Crippen LogP contribution >= 0.6 is 11.3 Å². The van der Waals surface area contributed by atoms with Gasteiger partial charge in [0.25, 0.3) is 0 Å². The Bertz CT molecular complexity index is 2620. The van der Waals surface area contributed by atoms with Crippen molar-refractivity contribution in [1.82, 2.24) is 4.98 Å². The maximum absolute atomic E-state index is 6.58. The summed E-state index contributed by atoms with van der Waals surface area (Å²) in [7, 11) is 0. The highest BCUT2D eigenvalue weighted by molar-refractivity contribution is 7.26. The van der Waals surface area contributed by atoms with Crippen LogP contribution in [0.25, 0.3) is 76.1 Å². The molecule has 7 aromatic carbocycles. The van der Waals surface area contributed by atoms with Crippen molar-refractivity contribution < 1.29 is 4.42 Å². The molecular formula is C43H26N2OS. The Labute approximate surface area is 275 Å². The zero-order valence-corrected chi connectivity index (χ0v) is 26.0. The molecule has 220 valence electrons. The zero-order valence-electron chi connectivity index (χ0n) is 25.2. The SMILES string of the molecule is c1ccc(-c2ccc(N(c3cc4c5c(cccc5c3)-c3nc(-c5ccccc5)oc3-4)c3cccc4sc5ccccc5c34)cc2)cc1. The van der Waals surface area contributed by atoms with E-state index in [1.54, 1.807) is 0 Å². The fraction of sp³-hybridized carbons (Fsp3) is 0.